The highest BCUT2D eigenvalue weighted by Crippen LogP contribution is 2.51. The molecular weight excluding hydrogens is 378 g/mol. The molecule has 5 N–H and O–H groups in total. The summed E-state index contributed by atoms with van der Waals surface area (Å²) in [4.78, 5) is 13.9. The van der Waals surface area contributed by atoms with Crippen molar-refractivity contribution in [1.82, 2.24) is 4.90 Å². The summed E-state index contributed by atoms with van der Waals surface area (Å²) in [5.74, 6) is -0.791. The summed E-state index contributed by atoms with van der Waals surface area (Å²) in [6, 6.07) is 4.94. The number of phenolic OH excluding ortho intramolecular Hbond substituents is 4. The molecule has 2 aliphatic heterocycles. The minimum atomic E-state index is -1.03. The quantitative estimate of drug-likeness (QED) is 0.499. The van der Waals surface area contributed by atoms with Crippen molar-refractivity contribution in [2.24, 2.45) is 0 Å². The lowest BCUT2D eigenvalue weighted by Crippen LogP contribution is -2.32. The van der Waals surface area contributed by atoms with Gasteiger partial charge in [-0.3, -0.25) is 4.79 Å². The maximum absolute atomic E-state index is 12.2. The second-order valence-corrected chi connectivity index (χ2v) is 7.43. The average molecular weight is 401 g/mol. The highest BCUT2D eigenvalue weighted by Gasteiger charge is 2.40. The molecule has 0 bridgehead atoms. The van der Waals surface area contributed by atoms with Crippen LogP contribution in [0.1, 0.15) is 48.6 Å². The highest BCUT2D eigenvalue weighted by atomic mass is 16.5. The summed E-state index contributed by atoms with van der Waals surface area (Å²) in [5.41, 5.74) is 1.20. The van der Waals surface area contributed by atoms with Gasteiger partial charge in [-0.1, -0.05) is 6.07 Å². The third kappa shape index (κ3) is 3.09. The molecule has 4 rings (SSSR count). The van der Waals surface area contributed by atoms with Crippen LogP contribution in [-0.2, 0) is 11.2 Å². The van der Waals surface area contributed by atoms with E-state index >= 15 is 0 Å². The lowest BCUT2D eigenvalue weighted by atomic mass is 9.89. The first kappa shape index (κ1) is 19.2. The number of carbonyl (C=O) groups excluding carboxylic acids is 1. The van der Waals surface area contributed by atoms with Crippen LogP contribution < -0.4 is 4.74 Å². The fourth-order valence-electron chi connectivity index (χ4n) is 4.30. The molecule has 1 saturated heterocycles. The van der Waals surface area contributed by atoms with Crippen molar-refractivity contribution in [2.45, 2.75) is 44.4 Å². The summed E-state index contributed by atoms with van der Waals surface area (Å²) < 4.78 is 6.06. The number of rotatable bonds is 3. The summed E-state index contributed by atoms with van der Waals surface area (Å²) >= 11 is 0. The van der Waals surface area contributed by atoms with Crippen LogP contribution in [0.5, 0.6) is 28.7 Å². The van der Waals surface area contributed by atoms with Crippen molar-refractivity contribution in [3.8, 4) is 28.7 Å². The Kier molecular flexibility index (Phi) is 4.66. The molecule has 2 aliphatic rings. The molecule has 8 nitrogen and oxygen atoms in total. The second-order valence-electron chi connectivity index (χ2n) is 7.43. The van der Waals surface area contributed by atoms with Gasteiger partial charge in [0.05, 0.1) is 17.7 Å². The summed E-state index contributed by atoms with van der Waals surface area (Å²) in [6.07, 6.45) is -0.990. The number of aliphatic hydroxyl groups excluding tert-OH is 1. The number of amides is 1. The van der Waals surface area contributed by atoms with E-state index in [4.69, 9.17) is 4.74 Å². The van der Waals surface area contributed by atoms with Crippen molar-refractivity contribution in [3.63, 3.8) is 0 Å². The highest BCUT2D eigenvalue weighted by molar-refractivity contribution is 5.80. The smallest absolute Gasteiger partial charge is 0.223 e. The third-order valence-electron chi connectivity index (χ3n) is 5.71. The second kappa shape index (κ2) is 7.04. The first-order valence-corrected chi connectivity index (χ1v) is 9.55. The minimum absolute atomic E-state index is 0.0189. The van der Waals surface area contributed by atoms with E-state index in [0.717, 1.165) is 0 Å². The number of nitrogens with zero attached hydrogens (tertiary/aromatic N) is 1. The lowest BCUT2D eigenvalue weighted by Gasteiger charge is -2.35. The van der Waals surface area contributed by atoms with E-state index in [1.54, 1.807) is 4.90 Å². The van der Waals surface area contributed by atoms with Crippen LogP contribution in [0.15, 0.2) is 24.3 Å². The lowest BCUT2D eigenvalue weighted by molar-refractivity contribution is -0.128. The first-order chi connectivity index (χ1) is 13.8. The molecule has 0 spiro atoms. The maximum Gasteiger partial charge on any atom is 0.223 e. The number of hydrogen-bond acceptors (Lipinski definition) is 7. The monoisotopic (exact) mass is 401 g/mol. The molecule has 3 atom stereocenters. The number of benzene rings is 2. The molecular formula is C21H23NO7. The van der Waals surface area contributed by atoms with Crippen LogP contribution in [0, 0.1) is 0 Å². The number of fused-ring (bicyclic) bond motifs is 1. The molecule has 0 aliphatic carbocycles. The first-order valence-electron chi connectivity index (χ1n) is 9.55. The van der Waals surface area contributed by atoms with Gasteiger partial charge in [-0.15, -0.1) is 0 Å². The van der Waals surface area contributed by atoms with Gasteiger partial charge in [0.2, 0.25) is 5.91 Å². The zero-order chi connectivity index (χ0) is 20.9. The van der Waals surface area contributed by atoms with E-state index in [1.807, 2.05) is 6.92 Å². The van der Waals surface area contributed by atoms with Gasteiger partial charge < -0.3 is 35.2 Å². The Hall–Kier alpha value is -3.13. The van der Waals surface area contributed by atoms with Gasteiger partial charge in [-0.25, -0.2) is 0 Å². The predicted octanol–water partition coefficient (Wildman–Crippen LogP) is 2.23. The van der Waals surface area contributed by atoms with Gasteiger partial charge >= 0.3 is 0 Å². The SMILES string of the molecule is CCN1C(=O)CCC1c1c(O)cc(O)c2c1OC(c1ccc(O)c(O)c1)C(O)C2. The van der Waals surface area contributed by atoms with Crippen LogP contribution >= 0.6 is 0 Å². The molecule has 1 fully saturated rings. The Morgan fingerprint density at radius 2 is 1.83 bits per heavy atom. The van der Waals surface area contributed by atoms with E-state index in [9.17, 15) is 30.3 Å². The Labute approximate surface area is 167 Å². The van der Waals surface area contributed by atoms with Gasteiger partial charge in [-0.05, 0) is 31.0 Å². The van der Waals surface area contributed by atoms with Crippen molar-refractivity contribution < 1.29 is 35.1 Å². The van der Waals surface area contributed by atoms with Crippen LogP contribution in [0.25, 0.3) is 0 Å². The zero-order valence-electron chi connectivity index (χ0n) is 15.9. The number of hydrogen-bond donors (Lipinski definition) is 5. The molecule has 0 saturated carbocycles. The number of carbonyl (C=O) groups is 1. The van der Waals surface area contributed by atoms with E-state index in [2.05, 4.69) is 0 Å². The van der Waals surface area contributed by atoms with Crippen LogP contribution in [0.3, 0.4) is 0 Å². The number of ether oxygens (including phenoxy) is 1. The normalized spacial score (nSPS) is 23.7. The number of aliphatic hydroxyl groups is 1. The van der Waals surface area contributed by atoms with Crippen molar-refractivity contribution in [3.05, 3.63) is 41.0 Å². The van der Waals surface area contributed by atoms with Gasteiger partial charge in [0.25, 0.3) is 0 Å². The molecule has 3 unspecified atom stereocenters. The topological polar surface area (TPSA) is 131 Å². The Bertz CT molecular complexity index is 974. The Balaban J connectivity index is 1.81. The standard InChI is InChI=1S/C21H23NO7/c1-2-22-12(4-6-18(22)28)19-16(26)9-14(24)11-8-17(27)20(29-21(11)19)10-3-5-13(23)15(25)7-10/h3,5,7,9,12,17,20,23-27H,2,4,6,8H2,1H3. The largest absolute Gasteiger partial charge is 0.507 e. The van der Waals surface area contributed by atoms with Gasteiger partial charge in [-0.2, -0.15) is 0 Å². The third-order valence-corrected chi connectivity index (χ3v) is 5.71. The Morgan fingerprint density at radius 1 is 1.07 bits per heavy atom. The molecule has 2 heterocycles. The zero-order valence-corrected chi connectivity index (χ0v) is 15.9. The molecule has 29 heavy (non-hydrogen) atoms. The maximum atomic E-state index is 12.2. The summed E-state index contributed by atoms with van der Waals surface area (Å²) in [5, 5.41) is 50.9. The fraction of sp³-hybridized carbons (Fsp3) is 0.381. The minimum Gasteiger partial charge on any atom is -0.507 e. The molecule has 8 heteroatoms. The summed E-state index contributed by atoms with van der Waals surface area (Å²) in [7, 11) is 0. The van der Waals surface area contributed by atoms with E-state index in [0.29, 0.717) is 36.1 Å². The van der Waals surface area contributed by atoms with Crippen molar-refractivity contribution in [2.75, 3.05) is 6.54 Å². The Morgan fingerprint density at radius 3 is 2.52 bits per heavy atom. The van der Waals surface area contributed by atoms with Gasteiger partial charge in [0.15, 0.2) is 11.5 Å². The van der Waals surface area contributed by atoms with Crippen molar-refractivity contribution >= 4 is 5.91 Å². The number of phenols is 4. The fourth-order valence-corrected chi connectivity index (χ4v) is 4.30. The van der Waals surface area contributed by atoms with Gasteiger partial charge in [0.1, 0.15) is 23.4 Å². The van der Waals surface area contributed by atoms with Crippen LogP contribution in [-0.4, -0.2) is 49.0 Å². The predicted molar refractivity (Wildman–Crippen MR) is 102 cm³/mol. The molecule has 0 aromatic heterocycles. The van der Waals surface area contributed by atoms with Gasteiger partial charge in [0, 0.05) is 31.0 Å². The molecule has 1 amide bonds. The number of aromatic hydroxyl groups is 4. The number of likely N-dealkylation sites (tertiary alicyclic amines) is 1. The van der Waals surface area contributed by atoms with Crippen molar-refractivity contribution in [1.29, 1.82) is 0 Å². The van der Waals surface area contributed by atoms with E-state index in [-0.39, 0.29) is 41.1 Å². The van der Waals surface area contributed by atoms with E-state index < -0.39 is 18.2 Å². The average Bonchev–Trinajstić information content (AvgIpc) is 3.04. The molecule has 2 aromatic carbocycles. The molecule has 0 radical (unpaired) electrons. The molecule has 2 aromatic rings. The van der Waals surface area contributed by atoms with E-state index in [1.165, 1.54) is 24.3 Å². The van der Waals surface area contributed by atoms with Crippen LogP contribution in [0.4, 0.5) is 0 Å². The molecule has 154 valence electrons. The van der Waals surface area contributed by atoms with Crippen LogP contribution in [0.2, 0.25) is 0 Å². The summed E-state index contributed by atoms with van der Waals surface area (Å²) in [6.45, 7) is 2.32.